The maximum atomic E-state index is 13.0. The van der Waals surface area contributed by atoms with Crippen LogP contribution in [0.2, 0.25) is 0 Å². The molecule has 0 radical (unpaired) electrons. The number of carbonyl (C=O) groups is 1. The molecule has 8 nitrogen and oxygen atoms in total. The highest BCUT2D eigenvalue weighted by atomic mass is 19.4. The fourth-order valence-electron chi connectivity index (χ4n) is 4.18. The molecule has 3 N–H and O–H groups in total. The normalized spacial score (nSPS) is 17.6. The van der Waals surface area contributed by atoms with Gasteiger partial charge >= 0.3 is 11.8 Å². The molecule has 1 unspecified atom stereocenters. The minimum absolute atomic E-state index is 0.0351. The standard InChI is InChI=1S/C25H18F3N5O3/c26-25(27,28)17-9-6-15(7-10-17)13-24(23(29)35)18(4-2-12-30-24)19-14-33(32-31-19)20-5-1-3-16-8-11-21(34)36-22(16)20/h1-12,14,30H,13H2,(H2,29,35). The number of fused-ring (bicyclic) bond motifs is 1. The van der Waals surface area contributed by atoms with Crippen LogP contribution in [0.15, 0.2) is 88.4 Å². The molecule has 5 rings (SSSR count). The first-order chi connectivity index (χ1) is 17.2. The van der Waals surface area contributed by atoms with Crippen molar-refractivity contribution >= 4 is 22.4 Å². The second-order valence-electron chi connectivity index (χ2n) is 8.22. The summed E-state index contributed by atoms with van der Waals surface area (Å²) in [6.45, 7) is 0. The Bertz CT molecular complexity index is 1590. The van der Waals surface area contributed by atoms with Gasteiger partial charge in [-0.3, -0.25) is 4.79 Å². The van der Waals surface area contributed by atoms with E-state index >= 15 is 0 Å². The third-order valence-electron chi connectivity index (χ3n) is 5.96. The van der Waals surface area contributed by atoms with Gasteiger partial charge in [0.05, 0.1) is 11.8 Å². The number of amides is 1. The number of rotatable bonds is 5. The van der Waals surface area contributed by atoms with Crippen LogP contribution in [-0.4, -0.2) is 26.4 Å². The monoisotopic (exact) mass is 493 g/mol. The van der Waals surface area contributed by atoms with E-state index in [1.807, 2.05) is 0 Å². The molecular weight excluding hydrogens is 475 g/mol. The van der Waals surface area contributed by atoms with Gasteiger partial charge in [-0.1, -0.05) is 35.6 Å². The Hall–Kier alpha value is -4.67. The number of nitrogens with one attached hydrogen (secondary N) is 1. The van der Waals surface area contributed by atoms with E-state index in [0.717, 1.165) is 12.1 Å². The molecule has 1 aliphatic heterocycles. The summed E-state index contributed by atoms with van der Waals surface area (Å²) in [4.78, 5) is 24.6. The van der Waals surface area contributed by atoms with Crippen molar-refractivity contribution in [3.63, 3.8) is 0 Å². The lowest BCUT2D eigenvalue weighted by molar-refractivity contribution is -0.137. The number of allylic oxidation sites excluding steroid dienone is 2. The molecule has 0 saturated heterocycles. The highest BCUT2D eigenvalue weighted by molar-refractivity contribution is 6.01. The van der Waals surface area contributed by atoms with Crippen LogP contribution >= 0.6 is 0 Å². The predicted octanol–water partition coefficient (Wildman–Crippen LogP) is 3.36. The van der Waals surface area contributed by atoms with Crippen LogP contribution in [0.25, 0.3) is 22.2 Å². The molecule has 0 saturated carbocycles. The summed E-state index contributed by atoms with van der Waals surface area (Å²) in [5, 5.41) is 12.0. The van der Waals surface area contributed by atoms with Crippen LogP contribution in [0.3, 0.4) is 0 Å². The average molecular weight is 493 g/mol. The van der Waals surface area contributed by atoms with E-state index in [9.17, 15) is 22.8 Å². The highest BCUT2D eigenvalue weighted by Crippen LogP contribution is 2.34. The van der Waals surface area contributed by atoms with Crippen molar-refractivity contribution in [1.29, 1.82) is 0 Å². The van der Waals surface area contributed by atoms with Crippen molar-refractivity contribution in [3.8, 4) is 5.69 Å². The summed E-state index contributed by atoms with van der Waals surface area (Å²) >= 11 is 0. The number of primary amides is 1. The Balaban J connectivity index is 1.54. The van der Waals surface area contributed by atoms with Crippen LogP contribution < -0.4 is 16.7 Å². The van der Waals surface area contributed by atoms with Crippen molar-refractivity contribution in [2.45, 2.75) is 18.1 Å². The second-order valence-corrected chi connectivity index (χ2v) is 8.22. The van der Waals surface area contributed by atoms with Crippen molar-refractivity contribution in [3.05, 3.63) is 106 Å². The van der Waals surface area contributed by atoms with Gasteiger partial charge in [0.15, 0.2) is 5.58 Å². The first-order valence-corrected chi connectivity index (χ1v) is 10.7. The Morgan fingerprint density at radius 2 is 1.89 bits per heavy atom. The predicted molar refractivity (Wildman–Crippen MR) is 125 cm³/mol. The molecule has 1 amide bonds. The Morgan fingerprint density at radius 1 is 1.11 bits per heavy atom. The van der Waals surface area contributed by atoms with Gasteiger partial charge in [-0.2, -0.15) is 13.2 Å². The van der Waals surface area contributed by atoms with Crippen molar-refractivity contribution in [2.24, 2.45) is 5.73 Å². The first kappa shape index (κ1) is 23.1. The zero-order chi connectivity index (χ0) is 25.5. The molecule has 36 heavy (non-hydrogen) atoms. The Labute approximate surface area is 201 Å². The molecule has 0 spiro atoms. The summed E-state index contributed by atoms with van der Waals surface area (Å²) in [5.74, 6) is -0.747. The molecule has 182 valence electrons. The number of hydrogen-bond donors (Lipinski definition) is 2. The summed E-state index contributed by atoms with van der Waals surface area (Å²) in [6, 6.07) is 12.7. The number of dihydropyridines is 1. The lowest BCUT2D eigenvalue weighted by atomic mass is 9.79. The largest absolute Gasteiger partial charge is 0.420 e. The van der Waals surface area contributed by atoms with E-state index in [4.69, 9.17) is 10.2 Å². The van der Waals surface area contributed by atoms with E-state index < -0.39 is 28.8 Å². The Morgan fingerprint density at radius 3 is 2.61 bits per heavy atom. The number of halogens is 3. The summed E-state index contributed by atoms with van der Waals surface area (Å²) in [5.41, 5.74) is 4.91. The fourth-order valence-corrected chi connectivity index (χ4v) is 4.18. The fraction of sp³-hybridized carbons (Fsp3) is 0.120. The minimum atomic E-state index is -4.48. The number of carbonyl (C=O) groups excluding carboxylic acids is 1. The number of nitrogens with two attached hydrogens (primary N) is 1. The molecule has 11 heteroatoms. The third-order valence-corrected chi connectivity index (χ3v) is 5.96. The molecule has 4 aromatic rings. The number of alkyl halides is 3. The van der Waals surface area contributed by atoms with Gasteiger partial charge in [-0.15, -0.1) is 5.10 Å². The number of para-hydroxylation sites is 1. The van der Waals surface area contributed by atoms with Gasteiger partial charge in [0.1, 0.15) is 16.9 Å². The molecule has 0 aliphatic carbocycles. The van der Waals surface area contributed by atoms with Crippen LogP contribution in [0, 0.1) is 0 Å². The zero-order valence-corrected chi connectivity index (χ0v) is 18.5. The van der Waals surface area contributed by atoms with Crippen molar-refractivity contribution in [1.82, 2.24) is 20.3 Å². The average Bonchev–Trinajstić information content (AvgIpc) is 3.33. The lowest BCUT2D eigenvalue weighted by Crippen LogP contribution is -2.56. The molecule has 0 fully saturated rings. The molecule has 1 aliphatic rings. The summed E-state index contributed by atoms with van der Waals surface area (Å²) < 4.78 is 45.7. The first-order valence-electron chi connectivity index (χ1n) is 10.7. The van der Waals surface area contributed by atoms with E-state index in [2.05, 4.69) is 15.6 Å². The molecule has 1 atom stereocenters. The van der Waals surface area contributed by atoms with Crippen LogP contribution in [-0.2, 0) is 17.4 Å². The van der Waals surface area contributed by atoms with Gasteiger partial charge in [-0.25, -0.2) is 9.48 Å². The topological polar surface area (TPSA) is 116 Å². The number of nitrogens with zero attached hydrogens (tertiary/aromatic N) is 3. The molecule has 0 bridgehead atoms. The van der Waals surface area contributed by atoms with Gasteiger partial charge in [0.25, 0.3) is 0 Å². The number of hydrogen-bond acceptors (Lipinski definition) is 6. The molecule has 3 heterocycles. The van der Waals surface area contributed by atoms with Crippen molar-refractivity contribution in [2.75, 3.05) is 0 Å². The van der Waals surface area contributed by atoms with Gasteiger partial charge in [0.2, 0.25) is 5.91 Å². The maximum Gasteiger partial charge on any atom is 0.416 e. The number of aromatic nitrogens is 3. The van der Waals surface area contributed by atoms with E-state index in [1.165, 1.54) is 29.1 Å². The number of benzene rings is 2. The van der Waals surface area contributed by atoms with Crippen LogP contribution in [0.4, 0.5) is 13.2 Å². The van der Waals surface area contributed by atoms with E-state index in [1.54, 1.807) is 42.6 Å². The minimum Gasteiger partial charge on any atom is -0.420 e. The van der Waals surface area contributed by atoms with Crippen LogP contribution in [0.1, 0.15) is 16.8 Å². The molecule has 2 aromatic heterocycles. The van der Waals surface area contributed by atoms with Gasteiger partial charge in [-0.05, 0) is 42.1 Å². The lowest BCUT2D eigenvalue weighted by Gasteiger charge is -2.35. The third kappa shape index (κ3) is 4.04. The summed E-state index contributed by atoms with van der Waals surface area (Å²) in [7, 11) is 0. The van der Waals surface area contributed by atoms with Gasteiger partial charge < -0.3 is 15.5 Å². The van der Waals surface area contributed by atoms with E-state index in [0.29, 0.717) is 33.5 Å². The SMILES string of the molecule is NC(=O)C1(Cc2ccc(C(F)(F)F)cc2)NC=CC=C1c1cn(-c2cccc3ccc(=O)oc23)nn1. The molecule has 2 aromatic carbocycles. The maximum absolute atomic E-state index is 13.0. The highest BCUT2D eigenvalue weighted by Gasteiger charge is 2.43. The van der Waals surface area contributed by atoms with E-state index in [-0.39, 0.29) is 6.42 Å². The quantitative estimate of drug-likeness (QED) is 0.412. The smallest absolute Gasteiger partial charge is 0.416 e. The zero-order valence-electron chi connectivity index (χ0n) is 18.5. The summed E-state index contributed by atoms with van der Waals surface area (Å²) in [6.07, 6.45) is 1.87. The van der Waals surface area contributed by atoms with Crippen LogP contribution in [0.5, 0.6) is 0 Å². The second kappa shape index (κ2) is 8.52. The molecular formula is C25H18F3N5O3. The van der Waals surface area contributed by atoms with Gasteiger partial charge in [0, 0.05) is 23.4 Å². The Kier molecular flexibility index (Phi) is 5.47. The van der Waals surface area contributed by atoms with Crippen molar-refractivity contribution < 1.29 is 22.4 Å².